The highest BCUT2D eigenvalue weighted by Gasteiger charge is 2.31. The van der Waals surface area contributed by atoms with Crippen LogP contribution >= 0.6 is 0 Å². The molecule has 0 bridgehead atoms. The van der Waals surface area contributed by atoms with Gasteiger partial charge in [0.25, 0.3) is 5.91 Å². The van der Waals surface area contributed by atoms with Gasteiger partial charge in [0.1, 0.15) is 12.3 Å². The molecule has 1 amide bonds. The molecule has 0 radical (unpaired) electrons. The van der Waals surface area contributed by atoms with Crippen LogP contribution in [0.4, 0.5) is 5.69 Å². The average Bonchev–Trinajstić information content (AvgIpc) is 2.72. The maximum Gasteiger partial charge on any atom is 0.302 e. The van der Waals surface area contributed by atoms with E-state index in [-0.39, 0.29) is 43.4 Å². The molecule has 9 nitrogen and oxygen atoms in total. The summed E-state index contributed by atoms with van der Waals surface area (Å²) in [6, 6.07) is 10.6. The molecule has 1 aromatic heterocycles. The SMILES string of the molecule is CC(C)(CO)NC(=O)c1cnc2c(c1)N(S(=O)(=O)NCc1ccccc1)CCO2. The van der Waals surface area contributed by atoms with E-state index >= 15 is 0 Å². The summed E-state index contributed by atoms with van der Waals surface area (Å²) < 4.78 is 34.9. The fourth-order valence-corrected chi connectivity index (χ4v) is 3.93. The monoisotopic (exact) mass is 420 g/mol. The predicted octanol–water partition coefficient (Wildman–Crippen LogP) is 0.816. The number of nitrogens with one attached hydrogen (secondary N) is 2. The second-order valence-electron chi connectivity index (χ2n) is 7.28. The number of aromatic nitrogens is 1. The number of hydrogen-bond acceptors (Lipinski definition) is 6. The molecular formula is C19H24N4O5S. The molecule has 10 heteroatoms. The summed E-state index contributed by atoms with van der Waals surface area (Å²) in [6.07, 6.45) is 1.31. The molecule has 3 N–H and O–H groups in total. The molecular weight excluding hydrogens is 396 g/mol. The smallest absolute Gasteiger partial charge is 0.302 e. The Morgan fingerprint density at radius 2 is 2.03 bits per heavy atom. The highest BCUT2D eigenvalue weighted by Crippen LogP contribution is 2.32. The van der Waals surface area contributed by atoms with Gasteiger partial charge in [0, 0.05) is 12.7 Å². The number of hydrogen-bond donors (Lipinski definition) is 3. The minimum absolute atomic E-state index is 0.0893. The molecule has 1 aromatic carbocycles. The second kappa shape index (κ2) is 8.36. The van der Waals surface area contributed by atoms with Gasteiger partial charge in [-0.25, -0.2) is 9.29 Å². The van der Waals surface area contributed by atoms with Gasteiger partial charge in [-0.1, -0.05) is 30.3 Å². The van der Waals surface area contributed by atoms with Crippen LogP contribution in [0.25, 0.3) is 0 Å². The van der Waals surface area contributed by atoms with Crippen LogP contribution in [0, 0.1) is 0 Å². The summed E-state index contributed by atoms with van der Waals surface area (Å²) in [5, 5.41) is 12.0. The highest BCUT2D eigenvalue weighted by molar-refractivity contribution is 7.90. The van der Waals surface area contributed by atoms with Crippen LogP contribution in [0.1, 0.15) is 29.8 Å². The van der Waals surface area contributed by atoms with Crippen molar-refractivity contribution in [3.8, 4) is 5.88 Å². The number of nitrogens with zero attached hydrogens (tertiary/aromatic N) is 2. The van der Waals surface area contributed by atoms with E-state index in [0.717, 1.165) is 9.87 Å². The Hall–Kier alpha value is -2.69. The number of fused-ring (bicyclic) bond motifs is 1. The van der Waals surface area contributed by atoms with E-state index in [1.165, 1.54) is 12.3 Å². The standard InChI is InChI=1S/C19H24N4O5S/c1-19(2,13-24)22-17(25)15-10-16-18(20-12-15)28-9-8-23(16)29(26,27)21-11-14-6-4-3-5-7-14/h3-7,10,12,21,24H,8-9,11,13H2,1-2H3,(H,22,25). The minimum Gasteiger partial charge on any atom is -0.474 e. The minimum atomic E-state index is -3.89. The van der Waals surface area contributed by atoms with Crippen LogP contribution in [0.5, 0.6) is 5.88 Å². The third-order valence-corrected chi connectivity index (χ3v) is 5.80. The molecule has 1 aliphatic rings. The van der Waals surface area contributed by atoms with Gasteiger partial charge in [0.05, 0.1) is 24.3 Å². The summed E-state index contributed by atoms with van der Waals surface area (Å²) in [6.45, 7) is 3.47. The maximum absolute atomic E-state index is 12.9. The van der Waals surface area contributed by atoms with Gasteiger partial charge >= 0.3 is 10.2 Å². The molecule has 0 unspecified atom stereocenters. The van der Waals surface area contributed by atoms with E-state index in [0.29, 0.717) is 0 Å². The van der Waals surface area contributed by atoms with E-state index in [2.05, 4.69) is 15.0 Å². The molecule has 2 aromatic rings. The molecule has 3 rings (SSSR count). The third-order valence-electron chi connectivity index (χ3n) is 4.34. The van der Waals surface area contributed by atoms with E-state index in [1.807, 2.05) is 30.3 Å². The van der Waals surface area contributed by atoms with Gasteiger partial charge in [-0.3, -0.25) is 4.79 Å². The predicted molar refractivity (Wildman–Crippen MR) is 108 cm³/mol. The first-order valence-corrected chi connectivity index (χ1v) is 10.5. The Balaban J connectivity index is 1.83. The number of amides is 1. The number of aliphatic hydroxyl groups is 1. The first kappa shape index (κ1) is 21.0. The van der Waals surface area contributed by atoms with Crippen LogP contribution in [0.3, 0.4) is 0 Å². The Morgan fingerprint density at radius 1 is 1.31 bits per heavy atom. The quantitative estimate of drug-likeness (QED) is 0.610. The van der Waals surface area contributed by atoms with Gasteiger partial charge in [-0.2, -0.15) is 13.1 Å². The van der Waals surface area contributed by atoms with Crippen LogP contribution in [0.15, 0.2) is 42.6 Å². The third kappa shape index (κ3) is 5.03. The number of pyridine rings is 1. The van der Waals surface area contributed by atoms with E-state index in [1.54, 1.807) is 13.8 Å². The molecule has 0 saturated carbocycles. The lowest BCUT2D eigenvalue weighted by Gasteiger charge is -2.30. The fraction of sp³-hybridized carbons (Fsp3) is 0.368. The van der Waals surface area contributed by atoms with Crippen molar-refractivity contribution in [1.82, 2.24) is 15.0 Å². The summed E-state index contributed by atoms with van der Waals surface area (Å²) >= 11 is 0. The molecule has 0 saturated heterocycles. The number of rotatable bonds is 7. The van der Waals surface area contributed by atoms with E-state index in [4.69, 9.17) is 4.74 Å². The molecule has 156 valence electrons. The van der Waals surface area contributed by atoms with Crippen molar-refractivity contribution in [2.75, 3.05) is 24.1 Å². The Morgan fingerprint density at radius 3 is 2.72 bits per heavy atom. The van der Waals surface area contributed by atoms with E-state index < -0.39 is 21.7 Å². The van der Waals surface area contributed by atoms with Gasteiger partial charge in [-0.05, 0) is 25.5 Å². The topological polar surface area (TPSA) is 121 Å². The van der Waals surface area contributed by atoms with Crippen molar-refractivity contribution >= 4 is 21.8 Å². The zero-order valence-corrected chi connectivity index (χ0v) is 17.1. The van der Waals surface area contributed by atoms with Gasteiger partial charge in [0.2, 0.25) is 5.88 Å². The second-order valence-corrected chi connectivity index (χ2v) is 8.96. The summed E-state index contributed by atoms with van der Waals surface area (Å²) in [7, 11) is -3.89. The lowest BCUT2D eigenvalue weighted by atomic mass is 10.1. The highest BCUT2D eigenvalue weighted by atomic mass is 32.2. The molecule has 1 aliphatic heterocycles. The van der Waals surface area contributed by atoms with Gasteiger partial charge in [-0.15, -0.1) is 0 Å². The molecule has 2 heterocycles. The number of carbonyl (C=O) groups is 1. The number of benzene rings is 1. The Bertz CT molecular complexity index is 979. The largest absolute Gasteiger partial charge is 0.474 e. The van der Waals surface area contributed by atoms with Crippen molar-refractivity contribution in [1.29, 1.82) is 0 Å². The lowest BCUT2D eigenvalue weighted by molar-refractivity contribution is 0.0869. The fourth-order valence-electron chi connectivity index (χ4n) is 2.72. The maximum atomic E-state index is 12.9. The first-order chi connectivity index (χ1) is 13.7. The van der Waals surface area contributed by atoms with Crippen molar-refractivity contribution < 1.29 is 23.1 Å². The van der Waals surface area contributed by atoms with Crippen molar-refractivity contribution in [3.63, 3.8) is 0 Å². The van der Waals surface area contributed by atoms with Crippen molar-refractivity contribution in [2.24, 2.45) is 0 Å². The number of carbonyl (C=O) groups excluding carboxylic acids is 1. The number of aliphatic hydroxyl groups excluding tert-OH is 1. The van der Waals surface area contributed by atoms with Crippen LogP contribution < -0.4 is 19.1 Å². The molecule has 0 spiro atoms. The van der Waals surface area contributed by atoms with Crippen molar-refractivity contribution in [3.05, 3.63) is 53.7 Å². The molecule has 0 atom stereocenters. The number of ether oxygens (including phenoxy) is 1. The molecule has 29 heavy (non-hydrogen) atoms. The van der Waals surface area contributed by atoms with Crippen LogP contribution in [0.2, 0.25) is 0 Å². The van der Waals surface area contributed by atoms with E-state index in [9.17, 15) is 18.3 Å². The summed E-state index contributed by atoms with van der Waals surface area (Å²) in [4.78, 5) is 16.6. The Labute approximate surface area is 169 Å². The van der Waals surface area contributed by atoms with Crippen LogP contribution in [-0.2, 0) is 16.8 Å². The normalized spacial score (nSPS) is 14.1. The summed E-state index contributed by atoms with van der Waals surface area (Å²) in [5.41, 5.74) is 0.347. The molecule has 0 fully saturated rings. The van der Waals surface area contributed by atoms with Gasteiger partial charge in [0.15, 0.2) is 0 Å². The van der Waals surface area contributed by atoms with Gasteiger partial charge < -0.3 is 15.2 Å². The first-order valence-electron chi connectivity index (χ1n) is 9.09. The van der Waals surface area contributed by atoms with Crippen molar-refractivity contribution in [2.45, 2.75) is 25.9 Å². The molecule has 0 aliphatic carbocycles. The summed E-state index contributed by atoms with van der Waals surface area (Å²) in [5.74, 6) is -0.334. The number of anilines is 1. The zero-order valence-electron chi connectivity index (χ0n) is 16.3. The zero-order chi connectivity index (χ0) is 21.1. The van der Waals surface area contributed by atoms with Crippen LogP contribution in [-0.4, -0.2) is 49.7 Å². The Kier molecular flexibility index (Phi) is 6.06. The lowest BCUT2D eigenvalue weighted by Crippen LogP contribution is -2.47. The average molecular weight is 420 g/mol.